The van der Waals surface area contributed by atoms with Gasteiger partial charge in [0.15, 0.2) is 0 Å². The molecule has 0 saturated heterocycles. The molecule has 196 valence electrons. The minimum Gasteiger partial charge on any atom is -0.507 e. The molecule has 0 aliphatic rings. The smallest absolute Gasteiger partial charge is 0.123 e. The van der Waals surface area contributed by atoms with Gasteiger partial charge in [-0.25, -0.2) is 0 Å². The van der Waals surface area contributed by atoms with Crippen molar-refractivity contribution in [3.05, 3.63) is 170 Å². The summed E-state index contributed by atoms with van der Waals surface area (Å²) in [6, 6.07) is 58.1. The third kappa shape index (κ3) is 6.90. The van der Waals surface area contributed by atoms with E-state index in [9.17, 15) is 5.11 Å². The molecule has 0 aliphatic carbocycles. The third-order valence-corrected chi connectivity index (χ3v) is 11.9. The van der Waals surface area contributed by atoms with Gasteiger partial charge in [0.2, 0.25) is 0 Å². The Morgan fingerprint density at radius 1 is 0.350 bits per heavy atom. The van der Waals surface area contributed by atoms with Gasteiger partial charge in [0, 0.05) is 10.2 Å². The van der Waals surface area contributed by atoms with Crippen molar-refractivity contribution in [2.24, 2.45) is 0 Å². The third-order valence-electron chi connectivity index (χ3n) is 6.30. The molecule has 0 aliphatic heterocycles. The lowest BCUT2D eigenvalue weighted by molar-refractivity contribution is 0.480. The van der Waals surface area contributed by atoms with Crippen LogP contribution in [0.1, 0.15) is 0 Å². The molecule has 0 bridgehead atoms. The number of rotatable bonds is 6. The highest BCUT2D eigenvalue weighted by molar-refractivity contribution is 7.84. The van der Waals surface area contributed by atoms with E-state index in [-0.39, 0.29) is 0 Å². The van der Waals surface area contributed by atoms with Gasteiger partial charge in [-0.2, -0.15) is 0 Å². The molecule has 0 radical (unpaired) electrons. The van der Waals surface area contributed by atoms with Gasteiger partial charge in [-0.1, -0.05) is 158 Å². The second-order valence-electron chi connectivity index (χ2n) is 8.99. The number of benzene rings is 6. The topological polar surface area (TPSA) is 20.2 Å². The summed E-state index contributed by atoms with van der Waals surface area (Å²) in [4.78, 5) is 1.06. The summed E-state index contributed by atoms with van der Waals surface area (Å²) in [5, 5.41) is 17.7. The normalized spacial score (nSPS) is 10.7. The second-order valence-corrected chi connectivity index (χ2v) is 13.8. The number of thiol groups is 1. The Kier molecular flexibility index (Phi) is 9.83. The molecule has 0 aromatic heterocycles. The van der Waals surface area contributed by atoms with Crippen molar-refractivity contribution < 1.29 is 5.11 Å². The van der Waals surface area contributed by atoms with E-state index in [1.807, 2.05) is 60.7 Å². The van der Waals surface area contributed by atoms with Crippen LogP contribution in [-0.4, -0.2) is 5.11 Å². The minimum absolute atomic E-state index is 0.367. The fourth-order valence-electron chi connectivity index (χ4n) is 4.47. The van der Waals surface area contributed by atoms with Gasteiger partial charge < -0.3 is 5.11 Å². The van der Waals surface area contributed by atoms with Crippen LogP contribution < -0.4 is 31.8 Å². The Morgan fingerprint density at radius 2 is 0.650 bits per heavy atom. The maximum atomic E-state index is 10.2. The monoisotopic (exact) mass is 572 g/mol. The molecule has 1 N–H and O–H groups in total. The average molecular weight is 573 g/mol. The Bertz CT molecular complexity index is 1410. The fourth-order valence-corrected chi connectivity index (χ4v) is 9.60. The lowest BCUT2D eigenvalue weighted by atomic mass is 10.3. The van der Waals surface area contributed by atoms with Crippen LogP contribution in [0.25, 0.3) is 0 Å². The highest BCUT2D eigenvalue weighted by Crippen LogP contribution is 2.36. The SMILES string of the molecule is Oc1ccccc1P(c1ccccc1)c1ccccc1.Sc1ccccc1P(c1ccccc1)c1ccccc1. The zero-order chi connectivity index (χ0) is 27.6. The predicted molar refractivity (Wildman–Crippen MR) is 179 cm³/mol. The number of aromatic hydroxyl groups is 1. The van der Waals surface area contributed by atoms with Crippen molar-refractivity contribution >= 4 is 60.3 Å². The Balaban J connectivity index is 0.000000161. The highest BCUT2D eigenvalue weighted by atomic mass is 32.1. The number of phenolic OH excluding ortho intramolecular Hbond substituents is 1. The lowest BCUT2D eigenvalue weighted by Gasteiger charge is -2.20. The van der Waals surface area contributed by atoms with Gasteiger partial charge in [0.25, 0.3) is 0 Å². The van der Waals surface area contributed by atoms with E-state index in [0.717, 1.165) is 10.2 Å². The molecule has 4 heteroatoms. The molecule has 6 rings (SSSR count). The molecule has 0 fully saturated rings. The molecule has 0 amide bonds. The van der Waals surface area contributed by atoms with Crippen LogP contribution in [0.15, 0.2) is 175 Å². The standard InChI is InChI=1S/C18H15OP.C18H15PS/c19-17-13-7-8-14-18(17)20(15-9-3-1-4-10-15)16-11-5-2-6-12-16;20-18-14-8-7-13-17(18)19(15-9-3-1-4-10-15)16-11-5-2-6-12-16/h1-14,19H;1-14,20H. The van der Waals surface area contributed by atoms with Crippen LogP contribution in [0.5, 0.6) is 5.75 Å². The summed E-state index contributed by atoms with van der Waals surface area (Å²) in [6.07, 6.45) is 0. The van der Waals surface area contributed by atoms with Crippen LogP contribution in [0, 0.1) is 0 Å². The zero-order valence-corrected chi connectivity index (χ0v) is 24.6. The van der Waals surface area contributed by atoms with Crippen molar-refractivity contribution in [1.29, 1.82) is 0 Å². The summed E-state index contributed by atoms with van der Waals surface area (Å²) < 4.78 is 0. The van der Waals surface area contributed by atoms with E-state index in [1.54, 1.807) is 6.07 Å². The summed E-state index contributed by atoms with van der Waals surface area (Å²) >= 11 is 4.65. The largest absolute Gasteiger partial charge is 0.507 e. The van der Waals surface area contributed by atoms with Crippen molar-refractivity contribution in [3.8, 4) is 5.75 Å². The molecule has 0 atom stereocenters. The van der Waals surface area contributed by atoms with Gasteiger partial charge in [0.1, 0.15) is 5.75 Å². The predicted octanol–water partition coefficient (Wildman–Crippen LogP) is 6.88. The number of phenols is 1. The first-order chi connectivity index (χ1) is 19.7. The van der Waals surface area contributed by atoms with E-state index >= 15 is 0 Å². The Labute approximate surface area is 245 Å². The van der Waals surface area contributed by atoms with Crippen molar-refractivity contribution in [2.45, 2.75) is 4.90 Å². The molecule has 40 heavy (non-hydrogen) atoms. The van der Waals surface area contributed by atoms with Gasteiger partial charge >= 0.3 is 0 Å². The quantitative estimate of drug-likeness (QED) is 0.165. The maximum Gasteiger partial charge on any atom is 0.123 e. The number of para-hydroxylation sites is 1. The van der Waals surface area contributed by atoms with E-state index < -0.39 is 15.8 Å². The molecule has 0 heterocycles. The minimum atomic E-state index is -0.717. The van der Waals surface area contributed by atoms with Gasteiger partial charge in [-0.05, 0) is 54.5 Å². The van der Waals surface area contributed by atoms with Crippen LogP contribution in [0.4, 0.5) is 0 Å². The Morgan fingerprint density at radius 3 is 1.02 bits per heavy atom. The first-order valence-electron chi connectivity index (χ1n) is 13.1. The zero-order valence-electron chi connectivity index (χ0n) is 22.0. The summed E-state index contributed by atoms with van der Waals surface area (Å²) in [5.74, 6) is 0.367. The van der Waals surface area contributed by atoms with Crippen LogP contribution in [-0.2, 0) is 0 Å². The first kappa shape index (κ1) is 27.9. The van der Waals surface area contributed by atoms with Gasteiger partial charge in [-0.3, -0.25) is 0 Å². The van der Waals surface area contributed by atoms with Crippen LogP contribution in [0.2, 0.25) is 0 Å². The van der Waals surface area contributed by atoms with Gasteiger partial charge in [0.05, 0.1) is 0 Å². The highest BCUT2D eigenvalue weighted by Gasteiger charge is 2.19. The molecule has 6 aromatic rings. The number of hydrogen-bond donors (Lipinski definition) is 2. The molecule has 0 spiro atoms. The Hall–Kier alpha value is -3.67. The maximum absolute atomic E-state index is 10.2. The summed E-state index contributed by atoms with van der Waals surface area (Å²) in [5.41, 5.74) is 0. The van der Waals surface area contributed by atoms with Crippen LogP contribution in [0.3, 0.4) is 0 Å². The summed E-state index contributed by atoms with van der Waals surface area (Å²) in [6.45, 7) is 0. The van der Waals surface area contributed by atoms with Crippen molar-refractivity contribution in [1.82, 2.24) is 0 Å². The molecule has 0 saturated carbocycles. The molecule has 0 unspecified atom stereocenters. The average Bonchev–Trinajstić information content (AvgIpc) is 3.02. The van der Waals surface area contributed by atoms with E-state index in [2.05, 4.69) is 116 Å². The summed E-state index contributed by atoms with van der Waals surface area (Å²) in [7, 11) is -1.26. The van der Waals surface area contributed by atoms with E-state index in [0.29, 0.717) is 5.75 Å². The molecular weight excluding hydrogens is 542 g/mol. The first-order valence-corrected chi connectivity index (χ1v) is 16.2. The fraction of sp³-hybridized carbons (Fsp3) is 0. The van der Waals surface area contributed by atoms with Crippen LogP contribution >= 0.6 is 28.5 Å². The second kappa shape index (κ2) is 14.1. The number of hydrogen-bond acceptors (Lipinski definition) is 2. The van der Waals surface area contributed by atoms with E-state index in [4.69, 9.17) is 0 Å². The molecule has 6 aromatic carbocycles. The van der Waals surface area contributed by atoms with Crippen molar-refractivity contribution in [3.63, 3.8) is 0 Å². The molecule has 1 nitrogen and oxygen atoms in total. The lowest BCUT2D eigenvalue weighted by Crippen LogP contribution is -2.21. The van der Waals surface area contributed by atoms with Gasteiger partial charge in [-0.15, -0.1) is 12.6 Å². The van der Waals surface area contributed by atoms with E-state index in [1.165, 1.54) is 26.5 Å². The molecular formula is C36H30OP2S. The van der Waals surface area contributed by atoms with Crippen molar-refractivity contribution in [2.75, 3.05) is 0 Å².